The van der Waals surface area contributed by atoms with Gasteiger partial charge in [0, 0.05) is 19.5 Å². The van der Waals surface area contributed by atoms with Gasteiger partial charge in [-0.05, 0) is 31.6 Å². The quantitative estimate of drug-likeness (QED) is 0.791. The van der Waals surface area contributed by atoms with Gasteiger partial charge in [0.05, 0.1) is 5.54 Å². The number of carbonyl (C=O) groups excluding carboxylic acids is 2. The van der Waals surface area contributed by atoms with Crippen LogP contribution in [0, 0.1) is 5.92 Å². The molecule has 4 N–H and O–H groups in total. The minimum Gasteiger partial charge on any atom is -0.370 e. The van der Waals surface area contributed by atoms with Gasteiger partial charge >= 0.3 is 0 Å². The number of nitrogens with two attached hydrogens (primary N) is 2. The number of nitrogens with zero attached hydrogens (tertiary/aromatic N) is 1. The van der Waals surface area contributed by atoms with Gasteiger partial charge in [0.15, 0.2) is 0 Å². The molecule has 0 radical (unpaired) electrons. The molecule has 5 heteroatoms. The van der Waals surface area contributed by atoms with Crippen LogP contribution >= 0.6 is 0 Å². The summed E-state index contributed by atoms with van der Waals surface area (Å²) in [5, 5.41) is 0. The van der Waals surface area contributed by atoms with Crippen LogP contribution in [-0.4, -0.2) is 35.3 Å². The maximum Gasteiger partial charge on any atom is 0.242 e. The largest absolute Gasteiger partial charge is 0.370 e. The molecular weight excluding hydrogens is 242 g/mol. The summed E-state index contributed by atoms with van der Waals surface area (Å²) in [5.41, 5.74) is 10.9. The maximum atomic E-state index is 12.6. The molecule has 0 aromatic rings. The first-order valence-corrected chi connectivity index (χ1v) is 7.38. The third-order valence-corrected chi connectivity index (χ3v) is 4.47. The molecule has 108 valence electrons. The summed E-state index contributed by atoms with van der Waals surface area (Å²) in [7, 11) is 0. The second-order valence-electron chi connectivity index (χ2n) is 6.15. The Hall–Kier alpha value is -1.10. The zero-order valence-corrected chi connectivity index (χ0v) is 11.6. The second-order valence-corrected chi connectivity index (χ2v) is 6.15. The van der Waals surface area contributed by atoms with Gasteiger partial charge in [-0.3, -0.25) is 9.59 Å². The molecule has 19 heavy (non-hydrogen) atoms. The number of carbonyl (C=O) groups is 2. The van der Waals surface area contributed by atoms with Crippen molar-refractivity contribution in [1.29, 1.82) is 0 Å². The standard InChI is InChI=1S/C14H25N3O2/c15-12(18)9-11-5-4-8-17(10-11)13(19)14(16)6-2-1-3-7-14/h11H,1-10,16H2,(H2,15,18). The fraction of sp³-hybridized carbons (Fsp3) is 0.857. The molecule has 1 aliphatic heterocycles. The highest BCUT2D eigenvalue weighted by Gasteiger charge is 2.39. The van der Waals surface area contributed by atoms with Crippen molar-refractivity contribution >= 4 is 11.8 Å². The Balaban J connectivity index is 1.96. The van der Waals surface area contributed by atoms with Crippen LogP contribution in [0.15, 0.2) is 0 Å². The Morgan fingerprint density at radius 2 is 1.84 bits per heavy atom. The molecule has 1 atom stereocenters. The molecule has 0 aromatic carbocycles. The maximum absolute atomic E-state index is 12.6. The Bertz CT molecular complexity index is 351. The van der Waals surface area contributed by atoms with Crippen molar-refractivity contribution in [2.24, 2.45) is 17.4 Å². The molecule has 2 fully saturated rings. The predicted molar refractivity (Wildman–Crippen MR) is 73.1 cm³/mol. The van der Waals surface area contributed by atoms with Gasteiger partial charge in [-0.25, -0.2) is 0 Å². The number of amides is 2. The summed E-state index contributed by atoms with van der Waals surface area (Å²) < 4.78 is 0. The Kier molecular flexibility index (Phi) is 4.45. The Morgan fingerprint density at radius 1 is 1.16 bits per heavy atom. The van der Waals surface area contributed by atoms with Crippen molar-refractivity contribution in [3.8, 4) is 0 Å². The lowest BCUT2D eigenvalue weighted by Gasteiger charge is -2.40. The number of primary amides is 1. The molecule has 2 rings (SSSR count). The zero-order chi connectivity index (χ0) is 13.9. The van der Waals surface area contributed by atoms with Crippen LogP contribution in [-0.2, 0) is 9.59 Å². The molecule has 5 nitrogen and oxygen atoms in total. The highest BCUT2D eigenvalue weighted by Crippen LogP contribution is 2.29. The number of rotatable bonds is 3. The lowest BCUT2D eigenvalue weighted by Crippen LogP contribution is -2.58. The average Bonchev–Trinajstić information content (AvgIpc) is 2.38. The number of hydrogen-bond acceptors (Lipinski definition) is 3. The van der Waals surface area contributed by atoms with E-state index >= 15 is 0 Å². The van der Waals surface area contributed by atoms with Gasteiger partial charge in [0.2, 0.25) is 11.8 Å². The molecule has 0 aromatic heterocycles. The molecule has 1 unspecified atom stereocenters. The number of hydrogen-bond donors (Lipinski definition) is 2. The van der Waals surface area contributed by atoms with Gasteiger partial charge in [-0.2, -0.15) is 0 Å². The molecule has 2 amide bonds. The average molecular weight is 267 g/mol. The van der Waals surface area contributed by atoms with Crippen LogP contribution in [0.1, 0.15) is 51.4 Å². The lowest BCUT2D eigenvalue weighted by atomic mass is 9.80. The summed E-state index contributed by atoms with van der Waals surface area (Å²) in [6.45, 7) is 1.41. The van der Waals surface area contributed by atoms with Crippen molar-refractivity contribution in [3.05, 3.63) is 0 Å². The van der Waals surface area contributed by atoms with Crippen LogP contribution in [0.4, 0.5) is 0 Å². The lowest BCUT2D eigenvalue weighted by molar-refractivity contribution is -0.140. The van der Waals surface area contributed by atoms with Gasteiger partial charge in [-0.1, -0.05) is 19.3 Å². The normalized spacial score (nSPS) is 27.0. The summed E-state index contributed by atoms with van der Waals surface area (Å²) in [6.07, 6.45) is 7.15. The van der Waals surface area contributed by atoms with E-state index in [2.05, 4.69) is 0 Å². The number of piperidine rings is 1. The molecular formula is C14H25N3O2. The van der Waals surface area contributed by atoms with Gasteiger partial charge in [0.25, 0.3) is 0 Å². The van der Waals surface area contributed by atoms with Crippen LogP contribution < -0.4 is 11.5 Å². The van der Waals surface area contributed by atoms with E-state index in [0.29, 0.717) is 13.0 Å². The summed E-state index contributed by atoms with van der Waals surface area (Å²) in [5.74, 6) is 0.0168. The topological polar surface area (TPSA) is 89.4 Å². The van der Waals surface area contributed by atoms with E-state index in [1.807, 2.05) is 4.90 Å². The first-order valence-electron chi connectivity index (χ1n) is 7.38. The van der Waals surface area contributed by atoms with Gasteiger partial charge < -0.3 is 16.4 Å². The minimum atomic E-state index is -0.660. The highest BCUT2D eigenvalue weighted by molar-refractivity contribution is 5.86. The number of likely N-dealkylation sites (tertiary alicyclic amines) is 1. The van der Waals surface area contributed by atoms with E-state index in [1.54, 1.807) is 0 Å². The highest BCUT2D eigenvalue weighted by atomic mass is 16.2. The molecule has 1 saturated heterocycles. The van der Waals surface area contributed by atoms with Gasteiger partial charge in [0.1, 0.15) is 0 Å². The van der Waals surface area contributed by atoms with Crippen molar-refractivity contribution < 1.29 is 9.59 Å². The predicted octanol–water partition coefficient (Wildman–Crippen LogP) is 0.762. The van der Waals surface area contributed by atoms with Crippen LogP contribution in [0.2, 0.25) is 0 Å². The van der Waals surface area contributed by atoms with Gasteiger partial charge in [-0.15, -0.1) is 0 Å². The Labute approximate surface area is 114 Å². The SMILES string of the molecule is NC(=O)CC1CCCN(C(=O)C2(N)CCCCC2)C1. The van der Waals surface area contributed by atoms with E-state index < -0.39 is 5.54 Å². The fourth-order valence-corrected chi connectivity index (χ4v) is 3.41. The van der Waals surface area contributed by atoms with Crippen molar-refractivity contribution in [3.63, 3.8) is 0 Å². The van der Waals surface area contributed by atoms with E-state index in [9.17, 15) is 9.59 Å². The van der Waals surface area contributed by atoms with Crippen molar-refractivity contribution in [1.82, 2.24) is 4.90 Å². The fourth-order valence-electron chi connectivity index (χ4n) is 3.41. The smallest absolute Gasteiger partial charge is 0.242 e. The van der Waals surface area contributed by atoms with Crippen LogP contribution in [0.3, 0.4) is 0 Å². The molecule has 0 spiro atoms. The molecule has 1 aliphatic carbocycles. The molecule has 1 heterocycles. The third kappa shape index (κ3) is 3.47. The van der Waals surface area contributed by atoms with E-state index in [1.165, 1.54) is 6.42 Å². The van der Waals surface area contributed by atoms with E-state index in [4.69, 9.17) is 11.5 Å². The zero-order valence-electron chi connectivity index (χ0n) is 11.6. The van der Waals surface area contributed by atoms with Crippen LogP contribution in [0.5, 0.6) is 0 Å². The molecule has 1 saturated carbocycles. The summed E-state index contributed by atoms with van der Waals surface area (Å²) in [6, 6.07) is 0. The van der Waals surface area contributed by atoms with Crippen molar-refractivity contribution in [2.75, 3.05) is 13.1 Å². The summed E-state index contributed by atoms with van der Waals surface area (Å²) in [4.78, 5) is 25.5. The first kappa shape index (κ1) is 14.3. The van der Waals surface area contributed by atoms with Crippen LogP contribution in [0.25, 0.3) is 0 Å². The summed E-state index contributed by atoms with van der Waals surface area (Å²) >= 11 is 0. The van der Waals surface area contributed by atoms with Crippen molar-refractivity contribution in [2.45, 2.75) is 56.9 Å². The minimum absolute atomic E-state index is 0.0846. The first-order chi connectivity index (χ1) is 9.01. The molecule has 0 bridgehead atoms. The Morgan fingerprint density at radius 3 is 2.47 bits per heavy atom. The third-order valence-electron chi connectivity index (χ3n) is 4.47. The van der Waals surface area contributed by atoms with E-state index in [0.717, 1.165) is 45.1 Å². The van der Waals surface area contributed by atoms with E-state index in [-0.39, 0.29) is 17.7 Å². The monoisotopic (exact) mass is 267 g/mol. The molecule has 2 aliphatic rings. The second kappa shape index (κ2) is 5.90.